The smallest absolute Gasteiger partial charge is 0.332 e. The fourth-order valence-electron chi connectivity index (χ4n) is 1.13. The molecule has 15 heavy (non-hydrogen) atoms. The summed E-state index contributed by atoms with van der Waals surface area (Å²) in [4.78, 5) is 15.0. The summed E-state index contributed by atoms with van der Waals surface area (Å²) in [5.41, 5.74) is 3.44. The van der Waals surface area contributed by atoms with Crippen molar-refractivity contribution < 1.29 is 14.7 Å². The molecule has 5 nitrogen and oxygen atoms in total. The quantitative estimate of drug-likeness (QED) is 0.774. The van der Waals surface area contributed by atoms with Crippen LogP contribution in [0.1, 0.15) is 0 Å². The van der Waals surface area contributed by atoms with E-state index in [2.05, 4.69) is 9.85 Å². The minimum Gasteiger partial charge on any atom is -0.479 e. The van der Waals surface area contributed by atoms with Crippen LogP contribution in [0.5, 0.6) is 0 Å². The summed E-state index contributed by atoms with van der Waals surface area (Å²) < 4.78 is 4.17. The van der Waals surface area contributed by atoms with E-state index in [0.29, 0.717) is 5.00 Å². The minimum atomic E-state index is -1.02. The lowest BCUT2D eigenvalue weighted by Gasteiger charge is -2.01. The fraction of sp³-hybridized carbons (Fsp3) is 0.111. The van der Waals surface area contributed by atoms with E-state index in [-0.39, 0.29) is 6.61 Å². The Morgan fingerprint density at radius 2 is 2.33 bits per heavy atom. The molecule has 0 atom stereocenters. The number of hydrogen-bond acceptors (Lipinski definition) is 5. The van der Waals surface area contributed by atoms with Crippen molar-refractivity contribution in [2.24, 2.45) is 0 Å². The number of nitrogens with one attached hydrogen (secondary N) is 1. The Bertz CT molecular complexity index is 483. The summed E-state index contributed by atoms with van der Waals surface area (Å²) in [5.74, 6) is -1.02. The molecule has 2 rings (SSSR count). The first-order chi connectivity index (χ1) is 7.27. The average molecular weight is 224 g/mol. The molecule has 0 amide bonds. The van der Waals surface area contributed by atoms with Gasteiger partial charge in [0, 0.05) is 5.39 Å². The monoisotopic (exact) mass is 224 g/mol. The average Bonchev–Trinajstić information content (AvgIpc) is 2.62. The largest absolute Gasteiger partial charge is 0.479 e. The van der Waals surface area contributed by atoms with Crippen LogP contribution in [0.4, 0.5) is 5.00 Å². The van der Waals surface area contributed by atoms with Crippen molar-refractivity contribution in [2.45, 2.75) is 0 Å². The second-order valence-electron chi connectivity index (χ2n) is 2.81. The molecular weight excluding hydrogens is 216 g/mol. The van der Waals surface area contributed by atoms with E-state index in [1.165, 1.54) is 11.5 Å². The Hall–Kier alpha value is -1.66. The summed E-state index contributed by atoms with van der Waals surface area (Å²) in [5, 5.41) is 10.0. The number of aromatic nitrogens is 1. The first-order valence-electron chi connectivity index (χ1n) is 4.21. The minimum absolute atomic E-state index is 0.383. The highest BCUT2D eigenvalue weighted by atomic mass is 32.1. The highest BCUT2D eigenvalue weighted by Gasteiger charge is 2.05. The molecule has 1 heterocycles. The van der Waals surface area contributed by atoms with Crippen LogP contribution in [0.15, 0.2) is 24.3 Å². The van der Waals surface area contributed by atoms with Crippen LogP contribution in [0.2, 0.25) is 0 Å². The number of benzene rings is 1. The lowest BCUT2D eigenvalue weighted by molar-refractivity contribution is -0.141. The Kier molecular flexibility index (Phi) is 2.79. The van der Waals surface area contributed by atoms with E-state index in [1.807, 2.05) is 24.3 Å². The number of hydrogen-bond donors (Lipinski definition) is 2. The van der Waals surface area contributed by atoms with Gasteiger partial charge in [-0.3, -0.25) is 10.3 Å². The molecule has 0 bridgehead atoms. The molecule has 1 aromatic carbocycles. The van der Waals surface area contributed by atoms with Crippen molar-refractivity contribution in [3.63, 3.8) is 0 Å². The van der Waals surface area contributed by atoms with Gasteiger partial charge in [-0.05, 0) is 23.7 Å². The van der Waals surface area contributed by atoms with Crippen LogP contribution in [-0.4, -0.2) is 22.1 Å². The number of nitrogens with zero attached hydrogens (tertiary/aromatic N) is 1. The summed E-state index contributed by atoms with van der Waals surface area (Å²) in [6.45, 7) is -0.383. The van der Waals surface area contributed by atoms with Crippen LogP contribution in [0.3, 0.4) is 0 Å². The molecule has 0 saturated carbocycles. The zero-order chi connectivity index (χ0) is 10.7. The summed E-state index contributed by atoms with van der Waals surface area (Å²) in [6, 6.07) is 7.56. The molecule has 0 radical (unpaired) electrons. The van der Waals surface area contributed by atoms with Crippen molar-refractivity contribution in [2.75, 3.05) is 12.1 Å². The molecule has 2 aromatic rings. The molecular formula is C9H8N2O3S. The van der Waals surface area contributed by atoms with Gasteiger partial charge in [0.05, 0.1) is 5.52 Å². The van der Waals surface area contributed by atoms with E-state index < -0.39 is 5.97 Å². The highest BCUT2D eigenvalue weighted by molar-refractivity contribution is 7.11. The third kappa shape index (κ3) is 2.23. The van der Waals surface area contributed by atoms with E-state index in [4.69, 9.17) is 9.94 Å². The van der Waals surface area contributed by atoms with Crippen LogP contribution < -0.4 is 5.48 Å². The maximum absolute atomic E-state index is 10.2. The van der Waals surface area contributed by atoms with Gasteiger partial charge in [-0.2, -0.15) is 4.37 Å². The predicted octanol–water partition coefficient (Wildman–Crippen LogP) is 1.72. The van der Waals surface area contributed by atoms with Crippen LogP contribution in [0, 0.1) is 0 Å². The molecule has 0 saturated heterocycles. The van der Waals surface area contributed by atoms with Crippen molar-refractivity contribution in [1.29, 1.82) is 0 Å². The molecule has 0 aliphatic heterocycles. The number of aliphatic carboxylic acids is 1. The SMILES string of the molecule is O=C(O)CONc1snc2ccccc12. The molecule has 0 aliphatic rings. The topological polar surface area (TPSA) is 71.5 Å². The van der Waals surface area contributed by atoms with Gasteiger partial charge in [0.1, 0.15) is 5.00 Å². The number of carbonyl (C=O) groups is 1. The van der Waals surface area contributed by atoms with Gasteiger partial charge < -0.3 is 5.11 Å². The zero-order valence-corrected chi connectivity index (χ0v) is 8.45. The van der Waals surface area contributed by atoms with E-state index in [9.17, 15) is 4.79 Å². The van der Waals surface area contributed by atoms with Crippen molar-refractivity contribution in [3.8, 4) is 0 Å². The predicted molar refractivity (Wildman–Crippen MR) is 56.8 cm³/mol. The van der Waals surface area contributed by atoms with Gasteiger partial charge in [0.15, 0.2) is 6.61 Å². The number of carboxylic acid groups (broad SMARTS) is 1. The standard InChI is InChI=1S/C9H8N2O3S/c12-8(13)5-14-10-9-6-3-1-2-4-7(6)11-15-9/h1-4,10H,5H2,(H,12,13). The molecule has 0 aliphatic carbocycles. The first-order valence-corrected chi connectivity index (χ1v) is 4.99. The maximum Gasteiger partial charge on any atom is 0.332 e. The summed E-state index contributed by atoms with van der Waals surface area (Å²) >= 11 is 1.24. The summed E-state index contributed by atoms with van der Waals surface area (Å²) in [6.07, 6.45) is 0. The molecule has 6 heteroatoms. The lowest BCUT2D eigenvalue weighted by atomic mass is 10.2. The Balaban J connectivity index is 2.11. The van der Waals surface area contributed by atoms with Gasteiger partial charge in [-0.15, -0.1) is 0 Å². The summed E-state index contributed by atoms with van der Waals surface area (Å²) in [7, 11) is 0. The van der Waals surface area contributed by atoms with Crippen molar-refractivity contribution in [1.82, 2.24) is 4.37 Å². The Morgan fingerprint density at radius 3 is 3.13 bits per heavy atom. The molecule has 0 fully saturated rings. The maximum atomic E-state index is 10.2. The molecule has 0 spiro atoms. The third-order valence-electron chi connectivity index (χ3n) is 1.74. The van der Waals surface area contributed by atoms with Gasteiger partial charge in [0.2, 0.25) is 0 Å². The molecule has 2 N–H and O–H groups in total. The zero-order valence-electron chi connectivity index (χ0n) is 7.64. The van der Waals surface area contributed by atoms with Gasteiger partial charge in [-0.1, -0.05) is 12.1 Å². The Morgan fingerprint density at radius 1 is 1.53 bits per heavy atom. The van der Waals surface area contributed by atoms with Crippen LogP contribution in [-0.2, 0) is 9.63 Å². The van der Waals surface area contributed by atoms with Crippen molar-refractivity contribution >= 4 is 33.4 Å². The normalized spacial score (nSPS) is 10.4. The van der Waals surface area contributed by atoms with E-state index in [0.717, 1.165) is 10.9 Å². The number of anilines is 1. The number of carboxylic acids is 1. The van der Waals surface area contributed by atoms with Crippen molar-refractivity contribution in [3.05, 3.63) is 24.3 Å². The van der Waals surface area contributed by atoms with Crippen LogP contribution in [0.25, 0.3) is 10.9 Å². The Labute approximate surface area is 89.4 Å². The van der Waals surface area contributed by atoms with Gasteiger partial charge in [-0.25, -0.2) is 4.79 Å². The molecule has 0 unspecified atom stereocenters. The van der Waals surface area contributed by atoms with E-state index in [1.54, 1.807) is 0 Å². The van der Waals surface area contributed by atoms with Gasteiger partial charge >= 0.3 is 5.97 Å². The van der Waals surface area contributed by atoms with E-state index >= 15 is 0 Å². The third-order valence-corrected chi connectivity index (χ3v) is 2.52. The fourth-order valence-corrected chi connectivity index (χ4v) is 1.84. The molecule has 78 valence electrons. The second kappa shape index (κ2) is 4.24. The second-order valence-corrected chi connectivity index (χ2v) is 3.59. The number of rotatable bonds is 4. The number of fused-ring (bicyclic) bond motifs is 1. The first kappa shape index (κ1) is 9.88. The van der Waals surface area contributed by atoms with Gasteiger partial charge in [0.25, 0.3) is 0 Å². The molecule has 1 aromatic heterocycles. The highest BCUT2D eigenvalue weighted by Crippen LogP contribution is 2.26. The van der Waals surface area contributed by atoms with Crippen LogP contribution >= 0.6 is 11.5 Å². The lowest BCUT2D eigenvalue weighted by Crippen LogP contribution is -2.10.